The van der Waals surface area contributed by atoms with Gasteiger partial charge in [0.25, 0.3) is 0 Å². The van der Waals surface area contributed by atoms with E-state index in [1.165, 1.54) is 23.7 Å². The number of thiazole rings is 1. The zero-order valence-electron chi connectivity index (χ0n) is 12.7. The highest BCUT2D eigenvalue weighted by molar-refractivity contribution is 7.13. The van der Waals surface area contributed by atoms with Gasteiger partial charge in [-0.25, -0.2) is 4.98 Å². The summed E-state index contributed by atoms with van der Waals surface area (Å²) in [5.41, 5.74) is 1.61. The monoisotopic (exact) mass is 281 g/mol. The third-order valence-corrected chi connectivity index (χ3v) is 4.52. The van der Waals surface area contributed by atoms with Crippen LogP contribution in [0, 0.1) is 11.3 Å². The van der Waals surface area contributed by atoms with Crippen LogP contribution in [0.25, 0.3) is 0 Å². The Kier molecular flexibility index (Phi) is 4.85. The summed E-state index contributed by atoms with van der Waals surface area (Å²) in [7, 11) is 0. The zero-order chi connectivity index (χ0) is 13.9. The topological polar surface area (TPSA) is 28.2 Å². The SMILES string of the molecule is CC(C)CNCc1csc(N2CCCC(C)(C)C2)n1. The number of rotatable bonds is 5. The molecule has 0 aliphatic carbocycles. The van der Waals surface area contributed by atoms with Gasteiger partial charge in [0.15, 0.2) is 5.13 Å². The second-order valence-corrected chi connectivity index (χ2v) is 7.67. The van der Waals surface area contributed by atoms with Crippen LogP contribution in [0.15, 0.2) is 5.38 Å². The summed E-state index contributed by atoms with van der Waals surface area (Å²) in [6, 6.07) is 0. The highest BCUT2D eigenvalue weighted by Crippen LogP contribution is 2.32. The van der Waals surface area contributed by atoms with Crippen LogP contribution in [0.1, 0.15) is 46.2 Å². The Morgan fingerprint density at radius 1 is 1.47 bits per heavy atom. The normalized spacial score (nSPS) is 19.1. The molecule has 0 atom stereocenters. The van der Waals surface area contributed by atoms with Crippen molar-refractivity contribution < 1.29 is 0 Å². The third-order valence-electron chi connectivity index (χ3n) is 3.57. The van der Waals surface area contributed by atoms with Crippen LogP contribution in [-0.2, 0) is 6.54 Å². The number of aromatic nitrogens is 1. The van der Waals surface area contributed by atoms with Gasteiger partial charge >= 0.3 is 0 Å². The Balaban J connectivity index is 1.89. The summed E-state index contributed by atoms with van der Waals surface area (Å²) < 4.78 is 0. The fraction of sp³-hybridized carbons (Fsp3) is 0.800. The molecule has 0 radical (unpaired) electrons. The van der Waals surface area contributed by atoms with Crippen LogP contribution < -0.4 is 10.2 Å². The van der Waals surface area contributed by atoms with Gasteiger partial charge in [-0.1, -0.05) is 27.7 Å². The number of hydrogen-bond acceptors (Lipinski definition) is 4. The van der Waals surface area contributed by atoms with E-state index in [9.17, 15) is 0 Å². The maximum absolute atomic E-state index is 4.78. The standard InChI is InChI=1S/C15H27N3S/c1-12(2)8-16-9-13-10-19-14(17-13)18-7-5-6-15(3,4)11-18/h10,12,16H,5-9,11H2,1-4H3. The van der Waals surface area contributed by atoms with Crippen LogP contribution in [0.5, 0.6) is 0 Å². The first-order chi connectivity index (χ1) is 8.96. The maximum Gasteiger partial charge on any atom is 0.185 e. The first-order valence-corrected chi connectivity index (χ1v) is 8.24. The van der Waals surface area contributed by atoms with Crippen LogP contribution in [0.4, 0.5) is 5.13 Å². The lowest BCUT2D eigenvalue weighted by molar-refractivity contribution is 0.293. The average Bonchev–Trinajstić information content (AvgIpc) is 2.76. The van der Waals surface area contributed by atoms with E-state index >= 15 is 0 Å². The van der Waals surface area contributed by atoms with Crippen molar-refractivity contribution in [3.05, 3.63) is 11.1 Å². The summed E-state index contributed by atoms with van der Waals surface area (Å²) in [5.74, 6) is 0.695. The largest absolute Gasteiger partial charge is 0.348 e. The lowest BCUT2D eigenvalue weighted by atomic mass is 9.84. The van der Waals surface area contributed by atoms with Gasteiger partial charge in [-0.15, -0.1) is 11.3 Å². The van der Waals surface area contributed by atoms with Crippen molar-refractivity contribution in [3.63, 3.8) is 0 Å². The van der Waals surface area contributed by atoms with E-state index < -0.39 is 0 Å². The fourth-order valence-electron chi connectivity index (χ4n) is 2.60. The molecule has 4 heteroatoms. The number of nitrogens with one attached hydrogen (secondary N) is 1. The van der Waals surface area contributed by atoms with E-state index in [2.05, 4.69) is 43.3 Å². The molecule has 0 amide bonds. The Labute approximate surface area is 121 Å². The van der Waals surface area contributed by atoms with E-state index in [4.69, 9.17) is 4.98 Å². The second kappa shape index (κ2) is 6.23. The van der Waals surface area contributed by atoms with Gasteiger partial charge in [-0.2, -0.15) is 0 Å². The molecule has 1 saturated heterocycles. The molecule has 1 aliphatic heterocycles. The van der Waals surface area contributed by atoms with E-state index in [0.29, 0.717) is 11.3 Å². The molecule has 1 aromatic heterocycles. The van der Waals surface area contributed by atoms with Crippen LogP contribution in [-0.4, -0.2) is 24.6 Å². The summed E-state index contributed by atoms with van der Waals surface area (Å²) in [5, 5.41) is 6.86. The molecule has 108 valence electrons. The zero-order valence-corrected chi connectivity index (χ0v) is 13.5. The first-order valence-electron chi connectivity index (χ1n) is 7.36. The first kappa shape index (κ1) is 14.8. The summed E-state index contributed by atoms with van der Waals surface area (Å²) in [6.07, 6.45) is 2.62. The van der Waals surface area contributed by atoms with E-state index in [1.54, 1.807) is 11.3 Å². The predicted octanol–water partition coefficient (Wildman–Crippen LogP) is 3.52. The summed E-state index contributed by atoms with van der Waals surface area (Å²) >= 11 is 1.79. The van der Waals surface area contributed by atoms with Crippen molar-refractivity contribution >= 4 is 16.5 Å². The molecule has 0 spiro atoms. The van der Waals surface area contributed by atoms with Gasteiger partial charge in [0.1, 0.15) is 0 Å². The van der Waals surface area contributed by atoms with Gasteiger partial charge in [0.05, 0.1) is 5.69 Å². The van der Waals surface area contributed by atoms with Gasteiger partial charge in [0.2, 0.25) is 0 Å². The molecule has 0 aromatic carbocycles. The minimum absolute atomic E-state index is 0.431. The minimum Gasteiger partial charge on any atom is -0.348 e. The van der Waals surface area contributed by atoms with Crippen LogP contribution in [0.2, 0.25) is 0 Å². The Hall–Kier alpha value is -0.610. The molecule has 0 bridgehead atoms. The van der Waals surface area contributed by atoms with E-state index in [1.807, 2.05) is 0 Å². The number of anilines is 1. The maximum atomic E-state index is 4.78. The van der Waals surface area contributed by atoms with Crippen molar-refractivity contribution in [2.45, 2.75) is 47.1 Å². The predicted molar refractivity (Wildman–Crippen MR) is 83.9 cm³/mol. The number of piperidine rings is 1. The highest BCUT2D eigenvalue weighted by atomic mass is 32.1. The van der Waals surface area contributed by atoms with Crippen LogP contribution in [0.3, 0.4) is 0 Å². The lowest BCUT2D eigenvalue weighted by Crippen LogP contribution is -2.40. The fourth-order valence-corrected chi connectivity index (χ4v) is 3.45. The Morgan fingerprint density at radius 3 is 2.95 bits per heavy atom. The molecule has 0 unspecified atom stereocenters. The molecule has 1 N–H and O–H groups in total. The van der Waals surface area contributed by atoms with Gasteiger partial charge in [-0.3, -0.25) is 0 Å². The van der Waals surface area contributed by atoms with Gasteiger partial charge in [0, 0.05) is 25.0 Å². The summed E-state index contributed by atoms with van der Waals surface area (Å²) in [6.45, 7) is 13.4. The average molecular weight is 281 g/mol. The Morgan fingerprint density at radius 2 is 2.26 bits per heavy atom. The van der Waals surface area contributed by atoms with Crippen molar-refractivity contribution in [1.29, 1.82) is 0 Å². The van der Waals surface area contributed by atoms with Crippen molar-refractivity contribution in [3.8, 4) is 0 Å². The van der Waals surface area contributed by atoms with E-state index in [-0.39, 0.29) is 0 Å². The van der Waals surface area contributed by atoms with Crippen molar-refractivity contribution in [2.24, 2.45) is 11.3 Å². The molecule has 0 saturated carbocycles. The van der Waals surface area contributed by atoms with E-state index in [0.717, 1.165) is 26.2 Å². The number of hydrogen-bond donors (Lipinski definition) is 1. The molecular formula is C15H27N3S. The molecular weight excluding hydrogens is 254 g/mol. The molecule has 2 rings (SSSR count). The quantitative estimate of drug-likeness (QED) is 0.895. The van der Waals surface area contributed by atoms with Gasteiger partial charge < -0.3 is 10.2 Å². The highest BCUT2D eigenvalue weighted by Gasteiger charge is 2.27. The Bertz CT molecular complexity index is 398. The second-order valence-electron chi connectivity index (χ2n) is 6.84. The van der Waals surface area contributed by atoms with Crippen molar-refractivity contribution in [2.75, 3.05) is 24.5 Å². The lowest BCUT2D eigenvalue weighted by Gasteiger charge is -2.37. The minimum atomic E-state index is 0.431. The summed E-state index contributed by atoms with van der Waals surface area (Å²) in [4.78, 5) is 7.24. The van der Waals surface area contributed by atoms with Crippen LogP contribution >= 0.6 is 11.3 Å². The molecule has 1 aliphatic rings. The molecule has 3 nitrogen and oxygen atoms in total. The van der Waals surface area contributed by atoms with Crippen molar-refractivity contribution in [1.82, 2.24) is 10.3 Å². The molecule has 19 heavy (non-hydrogen) atoms. The van der Waals surface area contributed by atoms with Gasteiger partial charge in [-0.05, 0) is 30.7 Å². The third kappa shape index (κ3) is 4.46. The molecule has 1 aromatic rings. The molecule has 1 fully saturated rings. The smallest absolute Gasteiger partial charge is 0.185 e. The number of nitrogens with zero attached hydrogens (tertiary/aromatic N) is 2. The molecule has 2 heterocycles.